The Bertz CT molecular complexity index is 438. The van der Waals surface area contributed by atoms with Gasteiger partial charge in [0.25, 0.3) is 0 Å². The number of pyridine rings is 1. The van der Waals surface area contributed by atoms with Gasteiger partial charge in [0, 0.05) is 18.4 Å². The van der Waals surface area contributed by atoms with Crippen molar-refractivity contribution in [2.75, 3.05) is 6.54 Å². The Kier molecular flexibility index (Phi) is 6.96. The van der Waals surface area contributed by atoms with Crippen LogP contribution in [-0.4, -0.2) is 17.6 Å². The summed E-state index contributed by atoms with van der Waals surface area (Å²) in [4.78, 5) is 4.20. The standard InChI is InChI=1S/C19H26N2/c1-2-14-21-19(12-10-17-7-4-3-5-8-17)13-11-18-9-6-15-20-16-18/h3-9,15-16,19,21H,2,10-14H2,1H3. The second-order valence-corrected chi connectivity index (χ2v) is 5.58. The largest absolute Gasteiger partial charge is 0.314 e. The van der Waals surface area contributed by atoms with Crippen molar-refractivity contribution >= 4 is 0 Å². The highest BCUT2D eigenvalue weighted by molar-refractivity contribution is 5.15. The molecule has 1 N–H and O–H groups in total. The summed E-state index contributed by atoms with van der Waals surface area (Å²) in [6, 6.07) is 15.5. The van der Waals surface area contributed by atoms with Crippen LogP contribution in [0.1, 0.15) is 37.3 Å². The summed E-state index contributed by atoms with van der Waals surface area (Å²) >= 11 is 0. The van der Waals surface area contributed by atoms with Crippen LogP contribution in [0.15, 0.2) is 54.9 Å². The second-order valence-electron chi connectivity index (χ2n) is 5.58. The van der Waals surface area contributed by atoms with Gasteiger partial charge in [-0.1, -0.05) is 43.3 Å². The third kappa shape index (κ3) is 6.09. The average Bonchev–Trinajstić information content (AvgIpc) is 2.56. The van der Waals surface area contributed by atoms with E-state index in [2.05, 4.69) is 53.6 Å². The Morgan fingerprint density at radius 3 is 2.33 bits per heavy atom. The fraction of sp³-hybridized carbons (Fsp3) is 0.421. The molecule has 0 bridgehead atoms. The zero-order chi connectivity index (χ0) is 14.8. The summed E-state index contributed by atoms with van der Waals surface area (Å²) in [7, 11) is 0. The lowest BCUT2D eigenvalue weighted by molar-refractivity contribution is 0.453. The number of nitrogens with zero attached hydrogens (tertiary/aromatic N) is 1. The molecule has 0 fully saturated rings. The number of benzene rings is 1. The molecule has 0 aliphatic rings. The average molecular weight is 282 g/mol. The van der Waals surface area contributed by atoms with Crippen molar-refractivity contribution in [2.24, 2.45) is 0 Å². The Hall–Kier alpha value is -1.67. The van der Waals surface area contributed by atoms with Crippen LogP contribution in [0.2, 0.25) is 0 Å². The lowest BCUT2D eigenvalue weighted by Gasteiger charge is -2.18. The van der Waals surface area contributed by atoms with E-state index in [-0.39, 0.29) is 0 Å². The van der Waals surface area contributed by atoms with Crippen molar-refractivity contribution in [3.05, 3.63) is 66.0 Å². The van der Waals surface area contributed by atoms with Gasteiger partial charge in [-0.25, -0.2) is 0 Å². The number of hydrogen-bond acceptors (Lipinski definition) is 2. The molecule has 0 saturated heterocycles. The van der Waals surface area contributed by atoms with Gasteiger partial charge in [0.15, 0.2) is 0 Å². The SMILES string of the molecule is CCCNC(CCc1ccccc1)CCc1cccnc1. The molecule has 0 spiro atoms. The van der Waals surface area contributed by atoms with E-state index in [1.165, 1.54) is 30.4 Å². The minimum Gasteiger partial charge on any atom is -0.314 e. The zero-order valence-electron chi connectivity index (χ0n) is 13.0. The third-order valence-corrected chi connectivity index (χ3v) is 3.81. The quantitative estimate of drug-likeness (QED) is 0.751. The summed E-state index contributed by atoms with van der Waals surface area (Å²) in [6.07, 6.45) is 9.64. The molecule has 1 aromatic carbocycles. The molecule has 0 radical (unpaired) electrons. The number of aromatic nitrogens is 1. The van der Waals surface area contributed by atoms with Gasteiger partial charge in [-0.05, 0) is 55.8 Å². The van der Waals surface area contributed by atoms with Crippen LogP contribution >= 0.6 is 0 Å². The van der Waals surface area contributed by atoms with Gasteiger partial charge in [0.05, 0.1) is 0 Å². The number of hydrogen-bond donors (Lipinski definition) is 1. The van der Waals surface area contributed by atoms with Crippen molar-refractivity contribution in [3.8, 4) is 0 Å². The highest BCUT2D eigenvalue weighted by Gasteiger charge is 2.08. The first kappa shape index (κ1) is 15.7. The van der Waals surface area contributed by atoms with E-state index in [9.17, 15) is 0 Å². The first-order valence-corrected chi connectivity index (χ1v) is 8.04. The van der Waals surface area contributed by atoms with E-state index in [1.54, 1.807) is 0 Å². The van der Waals surface area contributed by atoms with Crippen LogP contribution in [0, 0.1) is 0 Å². The first-order valence-electron chi connectivity index (χ1n) is 8.04. The molecule has 112 valence electrons. The van der Waals surface area contributed by atoms with Gasteiger partial charge < -0.3 is 5.32 Å². The topological polar surface area (TPSA) is 24.9 Å². The molecule has 2 heteroatoms. The van der Waals surface area contributed by atoms with Gasteiger partial charge in [-0.3, -0.25) is 4.98 Å². The lowest BCUT2D eigenvalue weighted by atomic mass is 9.99. The van der Waals surface area contributed by atoms with E-state index >= 15 is 0 Å². The molecule has 0 aliphatic heterocycles. The lowest BCUT2D eigenvalue weighted by Crippen LogP contribution is -2.30. The number of rotatable bonds is 9. The van der Waals surface area contributed by atoms with Crippen LogP contribution < -0.4 is 5.32 Å². The fourth-order valence-electron chi connectivity index (χ4n) is 2.57. The Morgan fingerprint density at radius 1 is 0.952 bits per heavy atom. The monoisotopic (exact) mass is 282 g/mol. The predicted octanol–water partition coefficient (Wildman–Crippen LogP) is 4.02. The Balaban J connectivity index is 1.82. The van der Waals surface area contributed by atoms with Gasteiger partial charge in [-0.15, -0.1) is 0 Å². The maximum Gasteiger partial charge on any atom is 0.0299 e. The van der Waals surface area contributed by atoms with Crippen LogP contribution in [0.4, 0.5) is 0 Å². The van der Waals surface area contributed by atoms with Crippen LogP contribution in [-0.2, 0) is 12.8 Å². The molecule has 1 aromatic heterocycles. The molecule has 21 heavy (non-hydrogen) atoms. The van der Waals surface area contributed by atoms with Crippen LogP contribution in [0.3, 0.4) is 0 Å². The molecule has 2 nitrogen and oxygen atoms in total. The second kappa shape index (κ2) is 9.30. The summed E-state index contributed by atoms with van der Waals surface area (Å²) < 4.78 is 0. The van der Waals surface area contributed by atoms with Gasteiger partial charge in [0.2, 0.25) is 0 Å². The van der Waals surface area contributed by atoms with Gasteiger partial charge >= 0.3 is 0 Å². The van der Waals surface area contributed by atoms with E-state index in [0.717, 1.165) is 19.4 Å². The zero-order valence-corrected chi connectivity index (χ0v) is 13.0. The normalized spacial score (nSPS) is 12.2. The minimum absolute atomic E-state index is 0.588. The smallest absolute Gasteiger partial charge is 0.0299 e. The maximum absolute atomic E-state index is 4.20. The summed E-state index contributed by atoms with van der Waals surface area (Å²) in [5.41, 5.74) is 2.77. The molecule has 2 rings (SSSR count). The van der Waals surface area contributed by atoms with Gasteiger partial charge in [0.1, 0.15) is 0 Å². The Labute approximate surface area is 128 Å². The first-order chi connectivity index (χ1) is 10.4. The highest BCUT2D eigenvalue weighted by Crippen LogP contribution is 2.10. The highest BCUT2D eigenvalue weighted by atomic mass is 14.9. The third-order valence-electron chi connectivity index (χ3n) is 3.81. The fourth-order valence-corrected chi connectivity index (χ4v) is 2.57. The predicted molar refractivity (Wildman–Crippen MR) is 89.4 cm³/mol. The molecule has 0 aliphatic carbocycles. The number of nitrogens with one attached hydrogen (secondary N) is 1. The van der Waals surface area contributed by atoms with Crippen LogP contribution in [0.5, 0.6) is 0 Å². The molecule has 0 amide bonds. The van der Waals surface area contributed by atoms with Crippen molar-refractivity contribution in [2.45, 2.75) is 45.1 Å². The van der Waals surface area contributed by atoms with E-state index in [4.69, 9.17) is 0 Å². The molecule has 1 unspecified atom stereocenters. The van der Waals surface area contributed by atoms with Crippen molar-refractivity contribution in [3.63, 3.8) is 0 Å². The van der Waals surface area contributed by atoms with Crippen molar-refractivity contribution < 1.29 is 0 Å². The molecule has 1 atom stereocenters. The Morgan fingerprint density at radius 2 is 1.67 bits per heavy atom. The minimum atomic E-state index is 0.588. The molecule has 1 heterocycles. The molecular formula is C19H26N2. The number of aryl methyl sites for hydroxylation is 2. The molecular weight excluding hydrogens is 256 g/mol. The van der Waals surface area contributed by atoms with Gasteiger partial charge in [-0.2, -0.15) is 0 Å². The van der Waals surface area contributed by atoms with Crippen LogP contribution in [0.25, 0.3) is 0 Å². The van der Waals surface area contributed by atoms with E-state index in [1.807, 2.05) is 18.5 Å². The van der Waals surface area contributed by atoms with E-state index in [0.29, 0.717) is 6.04 Å². The summed E-state index contributed by atoms with van der Waals surface area (Å²) in [6.45, 7) is 3.33. The van der Waals surface area contributed by atoms with Crippen molar-refractivity contribution in [1.29, 1.82) is 0 Å². The maximum atomic E-state index is 4.20. The van der Waals surface area contributed by atoms with E-state index < -0.39 is 0 Å². The summed E-state index contributed by atoms with van der Waals surface area (Å²) in [5, 5.41) is 3.69. The molecule has 2 aromatic rings. The summed E-state index contributed by atoms with van der Waals surface area (Å²) in [5.74, 6) is 0. The molecule has 0 saturated carbocycles. The van der Waals surface area contributed by atoms with Crippen molar-refractivity contribution in [1.82, 2.24) is 10.3 Å².